The van der Waals surface area contributed by atoms with Crippen molar-refractivity contribution in [2.24, 2.45) is 0 Å². The molecule has 0 spiro atoms. The number of nitrogens with one attached hydrogen (secondary N) is 2. The number of rotatable bonds is 3. The number of halogens is 2. The van der Waals surface area contributed by atoms with E-state index in [1.807, 2.05) is 12.1 Å². The van der Waals surface area contributed by atoms with Crippen LogP contribution in [0, 0.1) is 5.82 Å². The summed E-state index contributed by atoms with van der Waals surface area (Å²) in [7, 11) is 1.58. The van der Waals surface area contributed by atoms with Crippen LogP contribution in [0.15, 0.2) is 46.9 Å². The molecule has 2 aromatic rings. The van der Waals surface area contributed by atoms with Crippen LogP contribution in [-0.2, 0) is 0 Å². The molecule has 1 amide bonds. The van der Waals surface area contributed by atoms with E-state index in [0.29, 0.717) is 5.69 Å². The lowest BCUT2D eigenvalue weighted by Crippen LogP contribution is -2.14. The zero-order chi connectivity index (χ0) is 13.8. The molecule has 2 aromatic carbocycles. The molecule has 0 unspecified atom stereocenters. The number of anilines is 2. The predicted octanol–water partition coefficient (Wildman–Crippen LogP) is 3.88. The lowest BCUT2D eigenvalue weighted by molar-refractivity contribution is 0.102. The first-order chi connectivity index (χ1) is 9.11. The van der Waals surface area contributed by atoms with Crippen LogP contribution in [0.25, 0.3) is 0 Å². The van der Waals surface area contributed by atoms with Gasteiger partial charge in [-0.2, -0.15) is 0 Å². The molecule has 0 aliphatic rings. The third kappa shape index (κ3) is 3.12. The first kappa shape index (κ1) is 13.5. The summed E-state index contributed by atoms with van der Waals surface area (Å²) in [6, 6.07) is 11.6. The Morgan fingerprint density at radius 3 is 2.63 bits per heavy atom. The second-order valence-corrected chi connectivity index (χ2v) is 4.79. The van der Waals surface area contributed by atoms with E-state index in [0.717, 1.165) is 4.47 Å². The Bertz CT molecular complexity index is 616. The number of hydrogen-bond acceptors (Lipinski definition) is 2. The summed E-state index contributed by atoms with van der Waals surface area (Å²) in [6.45, 7) is 0. The van der Waals surface area contributed by atoms with E-state index in [1.165, 1.54) is 12.1 Å². The fraction of sp³-hybridized carbons (Fsp3) is 0.0714. The van der Waals surface area contributed by atoms with Crippen molar-refractivity contribution >= 4 is 33.2 Å². The molecule has 3 nitrogen and oxygen atoms in total. The molecule has 0 atom stereocenters. The normalized spacial score (nSPS) is 10.1. The van der Waals surface area contributed by atoms with E-state index >= 15 is 0 Å². The van der Waals surface area contributed by atoms with Crippen molar-refractivity contribution in [3.8, 4) is 0 Å². The maximum absolute atomic E-state index is 13.6. The van der Waals surface area contributed by atoms with E-state index in [1.54, 1.807) is 25.2 Å². The third-order valence-corrected chi connectivity index (χ3v) is 3.08. The second-order valence-electron chi connectivity index (χ2n) is 3.88. The SMILES string of the molecule is CNc1c(F)cccc1C(=O)Nc1cccc(Br)c1. The van der Waals surface area contributed by atoms with Crippen LogP contribution in [0.1, 0.15) is 10.4 Å². The number of benzene rings is 2. The van der Waals surface area contributed by atoms with Crippen molar-refractivity contribution in [3.63, 3.8) is 0 Å². The molecule has 0 heterocycles. The van der Waals surface area contributed by atoms with Crippen molar-refractivity contribution in [2.45, 2.75) is 0 Å². The van der Waals surface area contributed by atoms with Gasteiger partial charge in [0.2, 0.25) is 0 Å². The standard InChI is InChI=1S/C14H12BrFN2O/c1-17-13-11(6-3-7-12(13)16)14(19)18-10-5-2-4-9(15)8-10/h2-8,17H,1H3,(H,18,19). The number of amides is 1. The minimum atomic E-state index is -0.454. The molecule has 2 rings (SSSR count). The van der Waals surface area contributed by atoms with Gasteiger partial charge in [-0.15, -0.1) is 0 Å². The Labute approximate surface area is 119 Å². The topological polar surface area (TPSA) is 41.1 Å². The van der Waals surface area contributed by atoms with Crippen molar-refractivity contribution < 1.29 is 9.18 Å². The molecule has 98 valence electrons. The smallest absolute Gasteiger partial charge is 0.257 e. The Morgan fingerprint density at radius 2 is 1.95 bits per heavy atom. The van der Waals surface area contributed by atoms with E-state index < -0.39 is 5.82 Å². The molecule has 0 radical (unpaired) electrons. The van der Waals surface area contributed by atoms with Crippen LogP contribution in [0.3, 0.4) is 0 Å². The third-order valence-electron chi connectivity index (χ3n) is 2.59. The summed E-state index contributed by atoms with van der Waals surface area (Å²) in [4.78, 5) is 12.1. The van der Waals surface area contributed by atoms with Crippen LogP contribution in [0.5, 0.6) is 0 Å². The monoisotopic (exact) mass is 322 g/mol. The summed E-state index contributed by atoms with van der Waals surface area (Å²) in [5.74, 6) is -0.814. The minimum absolute atomic E-state index is 0.190. The zero-order valence-electron chi connectivity index (χ0n) is 10.2. The Morgan fingerprint density at radius 1 is 1.21 bits per heavy atom. The van der Waals surface area contributed by atoms with Gasteiger partial charge in [-0.05, 0) is 30.3 Å². The summed E-state index contributed by atoms with van der Waals surface area (Å²) in [5, 5.41) is 5.42. The molecular weight excluding hydrogens is 311 g/mol. The second kappa shape index (κ2) is 5.84. The van der Waals surface area contributed by atoms with Crippen molar-refractivity contribution in [3.05, 3.63) is 58.3 Å². The average Bonchev–Trinajstić information content (AvgIpc) is 2.38. The summed E-state index contributed by atoms with van der Waals surface area (Å²) >= 11 is 3.32. The van der Waals surface area contributed by atoms with Crippen LogP contribution >= 0.6 is 15.9 Å². The fourth-order valence-corrected chi connectivity index (χ4v) is 2.13. The first-order valence-corrected chi connectivity index (χ1v) is 6.44. The number of carbonyl (C=O) groups is 1. The van der Waals surface area contributed by atoms with E-state index in [9.17, 15) is 9.18 Å². The molecule has 0 fully saturated rings. The van der Waals surface area contributed by atoms with Gasteiger partial charge in [-0.1, -0.05) is 28.1 Å². The highest BCUT2D eigenvalue weighted by Gasteiger charge is 2.14. The fourth-order valence-electron chi connectivity index (χ4n) is 1.73. The van der Waals surface area contributed by atoms with Crippen LogP contribution in [-0.4, -0.2) is 13.0 Å². The molecule has 2 N–H and O–H groups in total. The van der Waals surface area contributed by atoms with Gasteiger partial charge in [-0.3, -0.25) is 4.79 Å². The molecular formula is C14H12BrFN2O. The van der Waals surface area contributed by atoms with Gasteiger partial charge in [-0.25, -0.2) is 4.39 Å². The molecule has 0 bridgehead atoms. The van der Waals surface area contributed by atoms with Crippen LogP contribution < -0.4 is 10.6 Å². The zero-order valence-corrected chi connectivity index (χ0v) is 11.8. The average molecular weight is 323 g/mol. The van der Waals surface area contributed by atoms with Gasteiger partial charge >= 0.3 is 0 Å². The minimum Gasteiger partial charge on any atom is -0.385 e. The molecule has 0 aliphatic heterocycles. The van der Waals surface area contributed by atoms with E-state index in [2.05, 4.69) is 26.6 Å². The molecule has 0 aliphatic carbocycles. The maximum Gasteiger partial charge on any atom is 0.257 e. The van der Waals surface area contributed by atoms with Crippen LogP contribution in [0.2, 0.25) is 0 Å². The Balaban J connectivity index is 2.28. The summed E-state index contributed by atoms with van der Waals surface area (Å²) in [5.41, 5.74) is 1.10. The van der Waals surface area contributed by atoms with Gasteiger partial charge in [0.15, 0.2) is 0 Å². The molecule has 0 saturated carbocycles. The molecule has 0 saturated heterocycles. The number of hydrogen-bond donors (Lipinski definition) is 2. The summed E-state index contributed by atoms with van der Waals surface area (Å²) < 4.78 is 14.4. The van der Waals surface area contributed by atoms with Gasteiger partial charge in [0.05, 0.1) is 11.3 Å². The highest BCUT2D eigenvalue weighted by Crippen LogP contribution is 2.21. The first-order valence-electron chi connectivity index (χ1n) is 5.65. The lowest BCUT2D eigenvalue weighted by atomic mass is 10.1. The highest BCUT2D eigenvalue weighted by molar-refractivity contribution is 9.10. The van der Waals surface area contributed by atoms with Crippen molar-refractivity contribution in [1.29, 1.82) is 0 Å². The Kier molecular flexibility index (Phi) is 4.16. The maximum atomic E-state index is 13.6. The van der Waals surface area contributed by atoms with Crippen molar-refractivity contribution in [1.82, 2.24) is 0 Å². The summed E-state index contributed by atoms with van der Waals surface area (Å²) in [6.07, 6.45) is 0. The number of carbonyl (C=O) groups excluding carboxylic acids is 1. The van der Waals surface area contributed by atoms with E-state index in [4.69, 9.17) is 0 Å². The van der Waals surface area contributed by atoms with Gasteiger partial charge < -0.3 is 10.6 Å². The Hall–Kier alpha value is -1.88. The quantitative estimate of drug-likeness (QED) is 0.900. The van der Waals surface area contributed by atoms with Gasteiger partial charge in [0, 0.05) is 17.2 Å². The van der Waals surface area contributed by atoms with Crippen molar-refractivity contribution in [2.75, 3.05) is 17.7 Å². The van der Waals surface area contributed by atoms with Gasteiger partial charge in [0.25, 0.3) is 5.91 Å². The lowest BCUT2D eigenvalue weighted by Gasteiger charge is -2.10. The van der Waals surface area contributed by atoms with Crippen LogP contribution in [0.4, 0.5) is 15.8 Å². The molecule has 0 aromatic heterocycles. The number of para-hydroxylation sites is 1. The largest absolute Gasteiger partial charge is 0.385 e. The van der Waals surface area contributed by atoms with Gasteiger partial charge in [0.1, 0.15) is 5.82 Å². The predicted molar refractivity (Wildman–Crippen MR) is 78.0 cm³/mol. The van der Waals surface area contributed by atoms with E-state index in [-0.39, 0.29) is 17.2 Å². The highest BCUT2D eigenvalue weighted by atomic mass is 79.9. The molecule has 19 heavy (non-hydrogen) atoms. The molecule has 5 heteroatoms.